The van der Waals surface area contributed by atoms with Gasteiger partial charge in [0, 0.05) is 60.2 Å². The maximum atomic E-state index is 13.3. The van der Waals surface area contributed by atoms with Gasteiger partial charge in [0.2, 0.25) is 5.91 Å². The molecule has 1 fully saturated rings. The molecule has 34 heavy (non-hydrogen) atoms. The molecule has 2 aromatic carbocycles. The number of methoxy groups -OCH3 is 2. The second kappa shape index (κ2) is 10.6. The Morgan fingerprint density at radius 3 is 2.65 bits per heavy atom. The standard InChI is InChI=1S/C26H26ClN3O4/c1-33-20-8-9-21(24(12-20)34-2)22-15-30(26(32)18-6-3-7-19(27)11-18)16-23(22)25(31)29-14-17-5-4-10-28-13-17/h3-13,22-23H,14-16H2,1-2H3,(H,29,31). The second-order valence-electron chi connectivity index (χ2n) is 8.12. The summed E-state index contributed by atoms with van der Waals surface area (Å²) in [6.45, 7) is 1.01. The summed E-state index contributed by atoms with van der Waals surface area (Å²) < 4.78 is 10.9. The largest absolute Gasteiger partial charge is 0.497 e. The van der Waals surface area contributed by atoms with Crippen LogP contribution in [0.4, 0.5) is 0 Å². The van der Waals surface area contributed by atoms with Crippen molar-refractivity contribution in [3.05, 3.63) is 88.7 Å². The zero-order valence-electron chi connectivity index (χ0n) is 19.0. The third-order valence-electron chi connectivity index (χ3n) is 6.05. The number of amides is 2. The van der Waals surface area contributed by atoms with E-state index in [0.29, 0.717) is 35.2 Å². The average Bonchev–Trinajstić information content (AvgIpc) is 3.32. The molecule has 4 rings (SSSR count). The summed E-state index contributed by atoms with van der Waals surface area (Å²) in [4.78, 5) is 32.4. The Morgan fingerprint density at radius 2 is 1.94 bits per heavy atom. The van der Waals surface area contributed by atoms with E-state index >= 15 is 0 Å². The van der Waals surface area contributed by atoms with Crippen molar-refractivity contribution in [2.75, 3.05) is 27.3 Å². The van der Waals surface area contributed by atoms with E-state index in [0.717, 1.165) is 11.1 Å². The number of likely N-dealkylation sites (tertiary alicyclic amines) is 1. The molecule has 1 aliphatic rings. The molecule has 1 aliphatic heterocycles. The minimum absolute atomic E-state index is 0.131. The van der Waals surface area contributed by atoms with Crippen molar-refractivity contribution >= 4 is 23.4 Å². The van der Waals surface area contributed by atoms with Crippen molar-refractivity contribution in [1.82, 2.24) is 15.2 Å². The summed E-state index contributed by atoms with van der Waals surface area (Å²) in [6, 6.07) is 16.1. The van der Waals surface area contributed by atoms with Gasteiger partial charge in [-0.2, -0.15) is 0 Å². The molecule has 7 nitrogen and oxygen atoms in total. The predicted octanol–water partition coefficient (Wildman–Crippen LogP) is 3.92. The fourth-order valence-corrected chi connectivity index (χ4v) is 4.49. The molecule has 0 spiro atoms. The van der Waals surface area contributed by atoms with Crippen LogP contribution in [0, 0.1) is 5.92 Å². The minimum atomic E-state index is -0.456. The molecule has 0 aliphatic carbocycles. The van der Waals surface area contributed by atoms with Crippen molar-refractivity contribution in [3.8, 4) is 11.5 Å². The number of ether oxygens (including phenoxy) is 2. The number of carbonyl (C=O) groups excluding carboxylic acids is 2. The molecule has 2 atom stereocenters. The van der Waals surface area contributed by atoms with Gasteiger partial charge in [0.05, 0.1) is 20.1 Å². The first kappa shape index (κ1) is 23.6. The minimum Gasteiger partial charge on any atom is -0.497 e. The molecule has 0 radical (unpaired) electrons. The molecule has 1 N–H and O–H groups in total. The Bertz CT molecular complexity index is 1170. The third kappa shape index (κ3) is 5.15. The fourth-order valence-electron chi connectivity index (χ4n) is 4.30. The smallest absolute Gasteiger partial charge is 0.253 e. The van der Waals surface area contributed by atoms with E-state index in [2.05, 4.69) is 10.3 Å². The summed E-state index contributed by atoms with van der Waals surface area (Å²) in [7, 11) is 3.17. The highest BCUT2D eigenvalue weighted by atomic mass is 35.5. The van der Waals surface area contributed by atoms with E-state index in [1.165, 1.54) is 0 Å². The predicted molar refractivity (Wildman–Crippen MR) is 129 cm³/mol. The van der Waals surface area contributed by atoms with Crippen molar-refractivity contribution in [1.29, 1.82) is 0 Å². The van der Waals surface area contributed by atoms with E-state index in [4.69, 9.17) is 21.1 Å². The third-order valence-corrected chi connectivity index (χ3v) is 6.28. The van der Waals surface area contributed by atoms with Gasteiger partial charge in [0.1, 0.15) is 11.5 Å². The van der Waals surface area contributed by atoms with Crippen LogP contribution in [-0.2, 0) is 11.3 Å². The van der Waals surface area contributed by atoms with Crippen molar-refractivity contribution in [2.24, 2.45) is 5.92 Å². The number of hydrogen-bond donors (Lipinski definition) is 1. The Kier molecular flexibility index (Phi) is 7.33. The van der Waals surface area contributed by atoms with Crippen LogP contribution < -0.4 is 14.8 Å². The summed E-state index contributed by atoms with van der Waals surface area (Å²) in [6.07, 6.45) is 3.40. The number of aromatic nitrogens is 1. The highest BCUT2D eigenvalue weighted by Gasteiger charge is 2.41. The van der Waals surface area contributed by atoms with Gasteiger partial charge < -0.3 is 19.7 Å². The fraction of sp³-hybridized carbons (Fsp3) is 0.269. The van der Waals surface area contributed by atoms with Gasteiger partial charge in [0.25, 0.3) is 5.91 Å². The summed E-state index contributed by atoms with van der Waals surface area (Å²) in [5.74, 6) is 0.269. The lowest BCUT2D eigenvalue weighted by molar-refractivity contribution is -0.125. The zero-order valence-corrected chi connectivity index (χ0v) is 19.8. The number of carbonyl (C=O) groups is 2. The molecule has 1 saturated heterocycles. The summed E-state index contributed by atoms with van der Waals surface area (Å²) in [5, 5.41) is 3.50. The first-order valence-corrected chi connectivity index (χ1v) is 11.3. The molecule has 2 heterocycles. The molecule has 2 amide bonds. The highest BCUT2D eigenvalue weighted by Crippen LogP contribution is 2.39. The maximum Gasteiger partial charge on any atom is 0.253 e. The van der Waals surface area contributed by atoms with E-state index in [1.807, 2.05) is 24.3 Å². The van der Waals surface area contributed by atoms with Crippen LogP contribution in [0.3, 0.4) is 0 Å². The molecule has 0 saturated carbocycles. The Morgan fingerprint density at radius 1 is 1.09 bits per heavy atom. The van der Waals surface area contributed by atoms with E-state index in [9.17, 15) is 9.59 Å². The monoisotopic (exact) mass is 479 g/mol. The van der Waals surface area contributed by atoms with Crippen LogP contribution in [0.5, 0.6) is 11.5 Å². The molecule has 3 aromatic rings. The molecule has 176 valence electrons. The molecule has 1 aromatic heterocycles. The number of nitrogens with one attached hydrogen (secondary N) is 1. The number of nitrogens with zero attached hydrogens (tertiary/aromatic N) is 2. The maximum absolute atomic E-state index is 13.3. The van der Waals surface area contributed by atoms with Gasteiger partial charge >= 0.3 is 0 Å². The highest BCUT2D eigenvalue weighted by molar-refractivity contribution is 6.30. The van der Waals surface area contributed by atoms with Crippen LogP contribution in [0.2, 0.25) is 5.02 Å². The topological polar surface area (TPSA) is 80.8 Å². The Hall–Kier alpha value is -3.58. The molecular weight excluding hydrogens is 454 g/mol. The van der Waals surface area contributed by atoms with Gasteiger partial charge in [-0.05, 0) is 35.9 Å². The van der Waals surface area contributed by atoms with Crippen molar-refractivity contribution in [2.45, 2.75) is 12.5 Å². The van der Waals surface area contributed by atoms with E-state index in [1.54, 1.807) is 61.8 Å². The van der Waals surface area contributed by atoms with Crippen LogP contribution >= 0.6 is 11.6 Å². The normalized spacial score (nSPS) is 17.3. The summed E-state index contributed by atoms with van der Waals surface area (Å²) >= 11 is 6.10. The molecular formula is C26H26ClN3O4. The van der Waals surface area contributed by atoms with Crippen LogP contribution in [0.1, 0.15) is 27.4 Å². The first-order valence-electron chi connectivity index (χ1n) is 10.9. The van der Waals surface area contributed by atoms with Gasteiger partial charge in [-0.1, -0.05) is 29.8 Å². The molecule has 8 heteroatoms. The number of pyridine rings is 1. The number of benzene rings is 2. The van der Waals surface area contributed by atoms with Gasteiger partial charge in [-0.15, -0.1) is 0 Å². The van der Waals surface area contributed by atoms with E-state index < -0.39 is 5.92 Å². The van der Waals surface area contributed by atoms with Gasteiger partial charge in [-0.3, -0.25) is 14.6 Å². The van der Waals surface area contributed by atoms with Crippen LogP contribution in [0.25, 0.3) is 0 Å². The average molecular weight is 480 g/mol. The quantitative estimate of drug-likeness (QED) is 0.555. The lowest BCUT2D eigenvalue weighted by Crippen LogP contribution is -2.35. The zero-order chi connectivity index (χ0) is 24.1. The Labute approximate surface area is 203 Å². The molecule has 2 unspecified atom stereocenters. The van der Waals surface area contributed by atoms with Gasteiger partial charge in [0.15, 0.2) is 0 Å². The van der Waals surface area contributed by atoms with Crippen LogP contribution in [-0.4, -0.2) is 49.0 Å². The van der Waals surface area contributed by atoms with Crippen molar-refractivity contribution in [3.63, 3.8) is 0 Å². The van der Waals surface area contributed by atoms with Crippen molar-refractivity contribution < 1.29 is 19.1 Å². The Balaban J connectivity index is 1.61. The number of halogens is 1. The second-order valence-corrected chi connectivity index (χ2v) is 8.56. The summed E-state index contributed by atoms with van der Waals surface area (Å²) in [5.41, 5.74) is 2.25. The van der Waals surface area contributed by atoms with Crippen LogP contribution in [0.15, 0.2) is 67.0 Å². The lowest BCUT2D eigenvalue weighted by Gasteiger charge is -2.21. The van der Waals surface area contributed by atoms with E-state index in [-0.39, 0.29) is 24.3 Å². The SMILES string of the molecule is COc1ccc(C2CN(C(=O)c3cccc(Cl)c3)CC2C(=O)NCc2cccnc2)c(OC)c1. The van der Waals surface area contributed by atoms with Gasteiger partial charge in [-0.25, -0.2) is 0 Å². The number of hydrogen-bond acceptors (Lipinski definition) is 5. The lowest BCUT2D eigenvalue weighted by atomic mass is 9.87. The molecule has 0 bridgehead atoms. The number of rotatable bonds is 7. The first-order chi connectivity index (χ1) is 16.5.